The first-order valence-electron chi connectivity index (χ1n) is 12.0. The number of hydrogen-bond donors (Lipinski definition) is 2. The normalized spacial score (nSPS) is 14.1. The van der Waals surface area contributed by atoms with Gasteiger partial charge in [-0.15, -0.1) is 0 Å². The molecule has 9 nitrogen and oxygen atoms in total. The summed E-state index contributed by atoms with van der Waals surface area (Å²) in [5, 5.41) is 11.4. The van der Waals surface area contributed by atoms with Crippen LogP contribution in [0.4, 0.5) is 17.3 Å². The van der Waals surface area contributed by atoms with E-state index in [0.717, 1.165) is 54.4 Å². The fraction of sp³-hybridized carbons (Fsp3) is 0.259. The summed E-state index contributed by atoms with van der Waals surface area (Å²) in [5.74, 6) is 1.15. The minimum absolute atomic E-state index is 0.0515. The van der Waals surface area contributed by atoms with Gasteiger partial charge in [0.1, 0.15) is 10.9 Å². The average Bonchev–Trinajstić information content (AvgIpc) is 3.29. The number of allylic oxidation sites excluding steroid dienone is 1. The lowest BCUT2D eigenvalue weighted by Gasteiger charge is -2.34. The van der Waals surface area contributed by atoms with Crippen LogP contribution in [0.25, 0.3) is 22.3 Å². The maximum absolute atomic E-state index is 11.9. The molecule has 0 unspecified atom stereocenters. The monoisotopic (exact) mass is 517 g/mol. The van der Waals surface area contributed by atoms with Crippen molar-refractivity contribution in [3.8, 4) is 17.0 Å². The third kappa shape index (κ3) is 5.28. The molecule has 2 aromatic heterocycles. The first kappa shape index (κ1) is 24.7. The second-order valence-electron chi connectivity index (χ2n) is 8.98. The Morgan fingerprint density at radius 3 is 2.76 bits per heavy atom. The molecule has 1 aliphatic heterocycles. The van der Waals surface area contributed by atoms with E-state index in [-0.39, 0.29) is 12.2 Å². The number of carbonyl (C=O) groups excluding carboxylic acids is 1. The van der Waals surface area contributed by atoms with E-state index < -0.39 is 0 Å². The Balaban J connectivity index is 1.51. The van der Waals surface area contributed by atoms with Crippen LogP contribution in [-0.2, 0) is 11.2 Å². The smallest absolute Gasteiger partial charge is 0.229 e. The number of ketones is 1. The van der Waals surface area contributed by atoms with Gasteiger partial charge < -0.3 is 19.9 Å². The zero-order valence-corrected chi connectivity index (χ0v) is 21.5. The molecule has 1 aliphatic rings. The summed E-state index contributed by atoms with van der Waals surface area (Å²) in [6, 6.07) is 13.6. The van der Waals surface area contributed by atoms with Crippen molar-refractivity contribution in [3.05, 3.63) is 65.8 Å². The number of hydrogen-bond acceptors (Lipinski definition) is 8. The topological polar surface area (TPSA) is 99.3 Å². The minimum Gasteiger partial charge on any atom is -0.495 e. The van der Waals surface area contributed by atoms with Crippen molar-refractivity contribution in [2.24, 2.45) is 0 Å². The Hall–Kier alpha value is -3.95. The number of methoxy groups -OCH3 is 1. The van der Waals surface area contributed by atoms with Gasteiger partial charge in [0.25, 0.3) is 0 Å². The molecule has 190 valence electrons. The Morgan fingerprint density at radius 1 is 1.19 bits per heavy atom. The van der Waals surface area contributed by atoms with Gasteiger partial charge >= 0.3 is 0 Å². The van der Waals surface area contributed by atoms with Gasteiger partial charge in [-0.3, -0.25) is 9.89 Å². The number of benzene rings is 2. The number of anilines is 3. The third-order valence-electron chi connectivity index (χ3n) is 6.45. The molecule has 0 saturated carbocycles. The third-order valence-corrected chi connectivity index (χ3v) is 6.73. The van der Waals surface area contributed by atoms with E-state index in [1.807, 2.05) is 36.4 Å². The van der Waals surface area contributed by atoms with Gasteiger partial charge in [0.2, 0.25) is 5.95 Å². The van der Waals surface area contributed by atoms with Gasteiger partial charge in [-0.2, -0.15) is 10.1 Å². The molecule has 1 fully saturated rings. The molecule has 5 rings (SSSR count). The Kier molecular flexibility index (Phi) is 7.07. The fourth-order valence-electron chi connectivity index (χ4n) is 4.45. The number of likely N-dealkylation sites (N-methyl/N-ethyl adjacent to an activating group) is 1. The van der Waals surface area contributed by atoms with E-state index in [9.17, 15) is 4.79 Å². The summed E-state index contributed by atoms with van der Waals surface area (Å²) in [7, 11) is 3.81. The van der Waals surface area contributed by atoms with E-state index >= 15 is 0 Å². The Bertz CT molecular complexity index is 1460. The lowest BCUT2D eigenvalue weighted by Crippen LogP contribution is -2.44. The number of ether oxygens (including phenoxy) is 1. The molecule has 3 heterocycles. The number of halogens is 1. The maximum Gasteiger partial charge on any atom is 0.229 e. The molecular formula is C27H28ClN7O2. The van der Waals surface area contributed by atoms with Crippen LogP contribution in [0.1, 0.15) is 5.56 Å². The van der Waals surface area contributed by atoms with Crippen molar-refractivity contribution in [2.45, 2.75) is 6.42 Å². The summed E-state index contributed by atoms with van der Waals surface area (Å²) < 4.78 is 5.64. The van der Waals surface area contributed by atoms with Gasteiger partial charge in [-0.1, -0.05) is 36.4 Å². The van der Waals surface area contributed by atoms with E-state index in [1.54, 1.807) is 7.11 Å². The first-order chi connectivity index (χ1) is 17.9. The maximum atomic E-state index is 11.9. The van der Waals surface area contributed by atoms with Crippen molar-refractivity contribution < 1.29 is 9.53 Å². The van der Waals surface area contributed by atoms with Crippen molar-refractivity contribution in [3.63, 3.8) is 0 Å². The van der Waals surface area contributed by atoms with Crippen LogP contribution in [0.5, 0.6) is 5.75 Å². The first-order valence-corrected chi connectivity index (χ1v) is 12.4. The lowest BCUT2D eigenvalue weighted by atomic mass is 10.0. The number of piperazine rings is 1. The van der Waals surface area contributed by atoms with Crippen molar-refractivity contribution in [1.29, 1.82) is 0 Å². The van der Waals surface area contributed by atoms with E-state index in [0.29, 0.717) is 27.8 Å². The summed E-state index contributed by atoms with van der Waals surface area (Å²) in [5.41, 5.74) is 4.57. The predicted molar refractivity (Wildman–Crippen MR) is 147 cm³/mol. The molecule has 10 heteroatoms. The van der Waals surface area contributed by atoms with Crippen molar-refractivity contribution >= 4 is 45.7 Å². The highest BCUT2D eigenvalue weighted by atomic mass is 35.5. The van der Waals surface area contributed by atoms with Crippen molar-refractivity contribution in [2.75, 3.05) is 50.6 Å². The second kappa shape index (κ2) is 10.6. The standard InChI is InChI=1S/C27H28ClN7O2/c1-4-20(36)15-17-6-5-7-18(14-17)24-23-25(28)32-33-26(23)31-27(30-24)29-19-8-9-22(37-3)21(16-19)35-12-10-34(2)11-13-35/h4-9,14,16H,1,10-13,15H2,2-3H3,(H2,29,30,31,32,33). The molecular weight excluding hydrogens is 490 g/mol. The second-order valence-corrected chi connectivity index (χ2v) is 9.36. The molecule has 0 radical (unpaired) electrons. The van der Waals surface area contributed by atoms with Gasteiger partial charge in [0.15, 0.2) is 11.4 Å². The van der Waals surface area contributed by atoms with Crippen LogP contribution in [0.3, 0.4) is 0 Å². The minimum atomic E-state index is -0.0515. The highest BCUT2D eigenvalue weighted by Gasteiger charge is 2.20. The number of nitrogens with one attached hydrogen (secondary N) is 2. The molecule has 0 amide bonds. The van der Waals surface area contributed by atoms with Gasteiger partial charge in [0, 0.05) is 43.9 Å². The van der Waals surface area contributed by atoms with Crippen LogP contribution in [0.15, 0.2) is 55.1 Å². The van der Waals surface area contributed by atoms with Crippen LogP contribution < -0.4 is 15.0 Å². The molecule has 37 heavy (non-hydrogen) atoms. The number of rotatable bonds is 8. The average molecular weight is 518 g/mol. The highest BCUT2D eigenvalue weighted by molar-refractivity contribution is 6.35. The molecule has 1 saturated heterocycles. The quantitative estimate of drug-likeness (QED) is 0.330. The SMILES string of the molecule is C=CC(=O)Cc1cccc(-c2nc(Nc3ccc(OC)c(N4CCN(C)CC4)c3)nc3n[nH]c(Cl)c23)c1. The Labute approximate surface area is 220 Å². The zero-order valence-electron chi connectivity index (χ0n) is 20.8. The van der Waals surface area contributed by atoms with Crippen LogP contribution in [0, 0.1) is 0 Å². The number of carbonyl (C=O) groups is 1. The Morgan fingerprint density at radius 2 is 2.00 bits per heavy atom. The van der Waals surface area contributed by atoms with Gasteiger partial charge in [-0.25, -0.2) is 4.98 Å². The number of fused-ring (bicyclic) bond motifs is 1. The predicted octanol–water partition coefficient (Wildman–Crippen LogP) is 4.47. The van der Waals surface area contributed by atoms with Crippen LogP contribution >= 0.6 is 11.6 Å². The summed E-state index contributed by atoms with van der Waals surface area (Å²) >= 11 is 6.43. The lowest BCUT2D eigenvalue weighted by molar-refractivity contribution is -0.114. The fourth-order valence-corrected chi connectivity index (χ4v) is 4.66. The molecule has 2 aromatic carbocycles. The zero-order chi connectivity index (χ0) is 25.9. The number of H-pyrrole nitrogens is 1. The number of aromatic amines is 1. The van der Waals surface area contributed by atoms with Crippen LogP contribution in [-0.4, -0.2) is 71.2 Å². The van der Waals surface area contributed by atoms with E-state index in [4.69, 9.17) is 21.3 Å². The molecule has 0 bridgehead atoms. The highest BCUT2D eigenvalue weighted by Crippen LogP contribution is 2.35. The van der Waals surface area contributed by atoms with E-state index in [2.05, 4.69) is 50.0 Å². The summed E-state index contributed by atoms with van der Waals surface area (Å²) in [6.45, 7) is 7.37. The number of nitrogens with zero attached hydrogens (tertiary/aromatic N) is 5. The van der Waals surface area contributed by atoms with Gasteiger partial charge in [0.05, 0.1) is 23.9 Å². The molecule has 2 N–H and O–H groups in total. The molecule has 4 aromatic rings. The largest absolute Gasteiger partial charge is 0.495 e. The van der Waals surface area contributed by atoms with E-state index in [1.165, 1.54) is 6.08 Å². The number of aromatic nitrogens is 4. The molecule has 0 spiro atoms. The van der Waals surface area contributed by atoms with Crippen molar-refractivity contribution in [1.82, 2.24) is 25.1 Å². The molecule has 0 aliphatic carbocycles. The summed E-state index contributed by atoms with van der Waals surface area (Å²) in [4.78, 5) is 25.9. The van der Waals surface area contributed by atoms with Crippen LogP contribution in [0.2, 0.25) is 5.15 Å². The summed E-state index contributed by atoms with van der Waals surface area (Å²) in [6.07, 6.45) is 1.59. The van der Waals surface area contributed by atoms with Gasteiger partial charge in [-0.05, 0) is 43.0 Å². The molecule has 0 atom stereocenters.